The third-order valence-corrected chi connectivity index (χ3v) is 3.90. The number of hydrogen-bond acceptors (Lipinski definition) is 7. The van der Waals surface area contributed by atoms with Crippen LogP contribution in [0.5, 0.6) is 0 Å². The molecule has 1 aromatic heterocycles. The van der Waals surface area contributed by atoms with Crippen molar-refractivity contribution in [3.63, 3.8) is 0 Å². The van der Waals surface area contributed by atoms with Crippen molar-refractivity contribution in [3.8, 4) is 0 Å². The Kier molecular flexibility index (Phi) is 2.73. The molecule has 19 heavy (non-hydrogen) atoms. The number of rotatable bonds is 2. The fourth-order valence-corrected chi connectivity index (χ4v) is 2.62. The molecule has 8 nitrogen and oxygen atoms in total. The molecule has 0 aliphatic carbocycles. The SMILES string of the molecule is NCC12COC(n3cccnc3=O)(CO1)C(O)C2O. The average Bonchev–Trinajstić information content (AvgIpc) is 2.45. The number of aromatic nitrogens is 2. The van der Waals surface area contributed by atoms with E-state index in [0.717, 1.165) is 4.57 Å². The molecule has 4 atom stereocenters. The quantitative estimate of drug-likeness (QED) is 0.537. The molecule has 3 aliphatic rings. The van der Waals surface area contributed by atoms with Crippen molar-refractivity contribution >= 4 is 0 Å². The molecule has 0 saturated carbocycles. The summed E-state index contributed by atoms with van der Waals surface area (Å²) in [6.07, 6.45) is 0.234. The molecule has 0 aromatic carbocycles. The fraction of sp³-hybridized carbons (Fsp3) is 0.636. The van der Waals surface area contributed by atoms with E-state index in [1.165, 1.54) is 18.5 Å². The van der Waals surface area contributed by atoms with Crippen molar-refractivity contribution in [1.82, 2.24) is 9.55 Å². The molecule has 0 amide bonds. The first kappa shape index (κ1) is 12.7. The Morgan fingerprint density at radius 1 is 1.42 bits per heavy atom. The summed E-state index contributed by atoms with van der Waals surface area (Å²) in [5.74, 6) is 0. The third kappa shape index (κ3) is 1.52. The highest BCUT2D eigenvalue weighted by molar-refractivity contribution is 5.09. The second-order valence-corrected chi connectivity index (χ2v) is 4.85. The van der Waals surface area contributed by atoms with Crippen molar-refractivity contribution in [2.45, 2.75) is 23.5 Å². The van der Waals surface area contributed by atoms with E-state index in [1.54, 1.807) is 0 Å². The summed E-state index contributed by atoms with van der Waals surface area (Å²) in [6.45, 7) is -0.0552. The summed E-state index contributed by atoms with van der Waals surface area (Å²) in [5.41, 5.74) is 2.42. The van der Waals surface area contributed by atoms with Gasteiger partial charge in [-0.05, 0) is 6.07 Å². The normalized spacial score (nSPS) is 41.4. The largest absolute Gasteiger partial charge is 0.387 e. The van der Waals surface area contributed by atoms with Gasteiger partial charge in [-0.25, -0.2) is 9.78 Å². The average molecular weight is 269 g/mol. The molecule has 4 N–H and O–H groups in total. The fourth-order valence-electron chi connectivity index (χ4n) is 2.62. The molecule has 3 aliphatic heterocycles. The minimum atomic E-state index is -1.46. The first-order valence-electron chi connectivity index (χ1n) is 5.94. The van der Waals surface area contributed by atoms with Crippen LogP contribution >= 0.6 is 0 Å². The van der Waals surface area contributed by atoms with Crippen LogP contribution in [-0.2, 0) is 15.2 Å². The molecule has 2 bridgehead atoms. The number of aliphatic hydroxyl groups is 2. The van der Waals surface area contributed by atoms with Crippen LogP contribution < -0.4 is 11.4 Å². The summed E-state index contributed by atoms with van der Waals surface area (Å²) >= 11 is 0. The minimum absolute atomic E-state index is 0.00304. The van der Waals surface area contributed by atoms with Crippen molar-refractivity contribution in [2.75, 3.05) is 19.8 Å². The van der Waals surface area contributed by atoms with Crippen LogP contribution in [0.4, 0.5) is 0 Å². The zero-order valence-corrected chi connectivity index (χ0v) is 10.1. The monoisotopic (exact) mass is 269 g/mol. The van der Waals surface area contributed by atoms with Crippen LogP contribution in [0.15, 0.2) is 23.3 Å². The Morgan fingerprint density at radius 2 is 2.21 bits per heavy atom. The Bertz CT molecular complexity index is 537. The smallest absolute Gasteiger partial charge is 0.350 e. The number of aliphatic hydroxyl groups excluding tert-OH is 2. The van der Waals surface area contributed by atoms with Crippen molar-refractivity contribution in [1.29, 1.82) is 0 Å². The lowest BCUT2D eigenvalue weighted by molar-refractivity contribution is -0.380. The number of nitrogens with zero attached hydrogens (tertiary/aromatic N) is 2. The Hall–Kier alpha value is -1.32. The van der Waals surface area contributed by atoms with Crippen molar-refractivity contribution in [3.05, 3.63) is 28.9 Å². The van der Waals surface area contributed by atoms with Gasteiger partial charge in [-0.15, -0.1) is 0 Å². The molecule has 4 heterocycles. The highest BCUT2D eigenvalue weighted by Gasteiger charge is 2.63. The van der Waals surface area contributed by atoms with E-state index >= 15 is 0 Å². The van der Waals surface area contributed by atoms with E-state index < -0.39 is 29.2 Å². The van der Waals surface area contributed by atoms with Gasteiger partial charge in [0.1, 0.15) is 17.8 Å². The Morgan fingerprint density at radius 3 is 2.79 bits per heavy atom. The molecule has 104 valence electrons. The van der Waals surface area contributed by atoms with Gasteiger partial charge < -0.3 is 25.4 Å². The van der Waals surface area contributed by atoms with Gasteiger partial charge in [-0.2, -0.15) is 0 Å². The lowest BCUT2D eigenvalue weighted by atomic mass is 9.81. The van der Waals surface area contributed by atoms with E-state index in [1.807, 2.05) is 0 Å². The van der Waals surface area contributed by atoms with Gasteiger partial charge in [-0.3, -0.25) is 4.57 Å². The van der Waals surface area contributed by atoms with E-state index in [9.17, 15) is 15.0 Å². The molecular formula is C11H15N3O5. The van der Waals surface area contributed by atoms with E-state index in [-0.39, 0.29) is 19.8 Å². The van der Waals surface area contributed by atoms with Gasteiger partial charge in [0, 0.05) is 18.9 Å². The standard InChI is InChI=1S/C11H15N3O5/c12-4-10-5-19-11(6-18-10,8(16)7(10)15)14-3-1-2-13-9(14)17/h1-3,7-8,15-16H,4-6,12H2. The Labute approximate surface area is 108 Å². The molecule has 8 heteroatoms. The highest BCUT2D eigenvalue weighted by Crippen LogP contribution is 2.42. The number of ether oxygens (including phenoxy) is 2. The summed E-state index contributed by atoms with van der Waals surface area (Å²) < 4.78 is 12.3. The summed E-state index contributed by atoms with van der Waals surface area (Å²) in [5, 5.41) is 20.5. The van der Waals surface area contributed by atoms with Crippen molar-refractivity contribution in [2.24, 2.45) is 5.73 Å². The topological polar surface area (TPSA) is 120 Å². The summed E-state index contributed by atoms with van der Waals surface area (Å²) in [4.78, 5) is 15.4. The van der Waals surface area contributed by atoms with Crippen LogP contribution in [0, 0.1) is 0 Å². The molecule has 3 fully saturated rings. The maximum Gasteiger partial charge on any atom is 0.350 e. The summed E-state index contributed by atoms with van der Waals surface area (Å²) in [6, 6.07) is 1.54. The van der Waals surface area contributed by atoms with E-state index in [2.05, 4.69) is 4.98 Å². The highest BCUT2D eigenvalue weighted by atomic mass is 16.6. The molecule has 0 radical (unpaired) electrons. The molecule has 0 spiro atoms. The zero-order chi connectivity index (χ0) is 13.7. The predicted octanol–water partition coefficient (Wildman–Crippen LogP) is -2.62. The van der Waals surface area contributed by atoms with Gasteiger partial charge in [0.25, 0.3) is 0 Å². The van der Waals surface area contributed by atoms with E-state index in [4.69, 9.17) is 15.2 Å². The second-order valence-electron chi connectivity index (χ2n) is 4.85. The first-order valence-corrected chi connectivity index (χ1v) is 5.94. The molecule has 3 saturated heterocycles. The Balaban J connectivity index is 2.08. The molecule has 4 unspecified atom stereocenters. The van der Waals surface area contributed by atoms with Gasteiger partial charge in [0.05, 0.1) is 13.2 Å². The van der Waals surface area contributed by atoms with Gasteiger partial charge in [0.15, 0.2) is 0 Å². The van der Waals surface area contributed by atoms with Crippen LogP contribution in [0.1, 0.15) is 0 Å². The van der Waals surface area contributed by atoms with Crippen molar-refractivity contribution < 1.29 is 19.7 Å². The van der Waals surface area contributed by atoms with Crippen LogP contribution in [-0.4, -0.2) is 57.3 Å². The predicted molar refractivity (Wildman–Crippen MR) is 62.2 cm³/mol. The maximum atomic E-state index is 11.8. The number of fused-ring (bicyclic) bond motifs is 3. The van der Waals surface area contributed by atoms with Gasteiger partial charge in [-0.1, -0.05) is 0 Å². The molecular weight excluding hydrogens is 254 g/mol. The maximum absolute atomic E-state index is 11.8. The third-order valence-electron chi connectivity index (χ3n) is 3.90. The molecule has 4 rings (SSSR count). The van der Waals surface area contributed by atoms with Gasteiger partial charge >= 0.3 is 5.69 Å². The van der Waals surface area contributed by atoms with E-state index in [0.29, 0.717) is 0 Å². The van der Waals surface area contributed by atoms with Crippen LogP contribution in [0.25, 0.3) is 0 Å². The second kappa shape index (κ2) is 4.09. The minimum Gasteiger partial charge on any atom is -0.387 e. The molecule has 1 aromatic rings. The lowest BCUT2D eigenvalue weighted by Gasteiger charge is -2.57. The van der Waals surface area contributed by atoms with Crippen LogP contribution in [0.2, 0.25) is 0 Å². The van der Waals surface area contributed by atoms with Gasteiger partial charge in [0.2, 0.25) is 5.72 Å². The zero-order valence-electron chi connectivity index (χ0n) is 10.1. The first-order chi connectivity index (χ1) is 9.06. The van der Waals surface area contributed by atoms with Crippen LogP contribution in [0.3, 0.4) is 0 Å². The lowest BCUT2D eigenvalue weighted by Crippen LogP contribution is -2.77. The summed E-state index contributed by atoms with van der Waals surface area (Å²) in [7, 11) is 0. The number of nitrogens with two attached hydrogens (primary N) is 1. The number of hydrogen-bond donors (Lipinski definition) is 3.